The Morgan fingerprint density at radius 2 is 1.67 bits per heavy atom. The minimum Gasteiger partial charge on any atom is -0.293 e. The second kappa shape index (κ2) is 4.77. The van der Waals surface area contributed by atoms with Gasteiger partial charge in [-0.3, -0.25) is 4.84 Å². The molecule has 2 heteroatoms. The maximum absolute atomic E-state index is 5.79. The van der Waals surface area contributed by atoms with Crippen LogP contribution >= 0.6 is 0 Å². The van der Waals surface area contributed by atoms with Gasteiger partial charge in [-0.15, -0.1) is 0 Å². The lowest BCUT2D eigenvalue weighted by Crippen LogP contribution is -2.32. The van der Waals surface area contributed by atoms with Gasteiger partial charge in [0.05, 0.1) is 11.6 Å². The molecule has 2 nitrogen and oxygen atoms in total. The summed E-state index contributed by atoms with van der Waals surface area (Å²) in [5.74, 6) is 0. The average molecular weight is 207 g/mol. The van der Waals surface area contributed by atoms with Crippen molar-refractivity contribution in [3.63, 3.8) is 0 Å². The lowest BCUT2D eigenvalue weighted by Gasteiger charge is -2.31. The van der Waals surface area contributed by atoms with E-state index in [2.05, 4.69) is 52.0 Å². The molecule has 0 saturated carbocycles. The average Bonchev–Trinajstić information content (AvgIpc) is 2.15. The molecule has 0 unspecified atom stereocenters. The van der Waals surface area contributed by atoms with Crippen LogP contribution in [0.1, 0.15) is 39.3 Å². The van der Waals surface area contributed by atoms with E-state index in [9.17, 15) is 0 Å². The number of hydrogen-bond acceptors (Lipinski definition) is 2. The molecule has 84 valence electrons. The number of hydrogen-bond donors (Lipinski definition) is 0. The van der Waals surface area contributed by atoms with Crippen LogP contribution in [0, 0.1) is 0 Å². The first-order chi connectivity index (χ1) is 6.90. The lowest BCUT2D eigenvalue weighted by atomic mass is 10.1. The molecule has 1 aromatic carbocycles. The Morgan fingerprint density at radius 3 is 2.13 bits per heavy atom. The van der Waals surface area contributed by atoms with E-state index in [1.165, 1.54) is 5.56 Å². The predicted molar refractivity (Wildman–Crippen MR) is 63.5 cm³/mol. The summed E-state index contributed by atoms with van der Waals surface area (Å²) in [6, 6.07) is 10.6. The predicted octanol–water partition coefficient (Wildman–Crippen LogP) is 3.41. The summed E-state index contributed by atoms with van der Waals surface area (Å²) in [5, 5.41) is 1.91. The second-order valence-corrected chi connectivity index (χ2v) is 4.84. The Balaban J connectivity index is 2.65. The van der Waals surface area contributed by atoms with Gasteiger partial charge in [0.2, 0.25) is 0 Å². The van der Waals surface area contributed by atoms with Gasteiger partial charge >= 0.3 is 0 Å². The third kappa shape index (κ3) is 4.02. The van der Waals surface area contributed by atoms with Crippen LogP contribution in [0.25, 0.3) is 0 Å². The van der Waals surface area contributed by atoms with Crippen LogP contribution in [0.2, 0.25) is 0 Å². The lowest BCUT2D eigenvalue weighted by molar-refractivity contribution is -0.233. The Hall–Kier alpha value is -0.860. The molecule has 0 spiro atoms. The Labute approximate surface area is 92.8 Å². The quantitative estimate of drug-likeness (QED) is 0.704. The van der Waals surface area contributed by atoms with Gasteiger partial charge < -0.3 is 0 Å². The minimum absolute atomic E-state index is 0.141. The first-order valence-corrected chi connectivity index (χ1v) is 5.37. The zero-order valence-electron chi connectivity index (χ0n) is 10.3. The summed E-state index contributed by atoms with van der Waals surface area (Å²) < 4.78 is 0. The number of rotatable bonds is 3. The topological polar surface area (TPSA) is 12.5 Å². The SMILES string of the molecule is C[C@H](c1ccccc1)N(C)OC(C)(C)C. The third-order valence-electron chi connectivity index (χ3n) is 2.25. The molecule has 1 atom stereocenters. The molecule has 0 bridgehead atoms. The van der Waals surface area contributed by atoms with E-state index in [0.717, 1.165) is 0 Å². The Bertz CT molecular complexity index is 289. The highest BCUT2D eigenvalue weighted by atomic mass is 16.7. The molecule has 0 aliphatic rings. The molecule has 0 heterocycles. The molecular weight excluding hydrogens is 186 g/mol. The Morgan fingerprint density at radius 1 is 1.13 bits per heavy atom. The normalized spacial score (nSPS) is 14.3. The van der Waals surface area contributed by atoms with Gasteiger partial charge in [0.1, 0.15) is 0 Å². The van der Waals surface area contributed by atoms with Crippen molar-refractivity contribution in [3.8, 4) is 0 Å². The van der Waals surface area contributed by atoms with Crippen LogP contribution in [0.4, 0.5) is 0 Å². The molecule has 15 heavy (non-hydrogen) atoms. The van der Waals surface area contributed by atoms with Crippen molar-refractivity contribution in [1.82, 2.24) is 5.06 Å². The van der Waals surface area contributed by atoms with E-state index in [0.29, 0.717) is 0 Å². The number of nitrogens with zero attached hydrogens (tertiary/aromatic N) is 1. The second-order valence-electron chi connectivity index (χ2n) is 4.84. The maximum Gasteiger partial charge on any atom is 0.0816 e. The molecule has 0 aliphatic carbocycles. The maximum atomic E-state index is 5.79. The summed E-state index contributed by atoms with van der Waals surface area (Å²) in [7, 11) is 1.98. The van der Waals surface area contributed by atoms with Crippen LogP contribution in [0.15, 0.2) is 30.3 Å². The van der Waals surface area contributed by atoms with Crippen LogP contribution in [0.5, 0.6) is 0 Å². The summed E-state index contributed by atoms with van der Waals surface area (Å²) in [4.78, 5) is 5.79. The van der Waals surface area contributed by atoms with Gasteiger partial charge in [-0.05, 0) is 33.3 Å². The van der Waals surface area contributed by atoms with Crippen molar-refractivity contribution < 1.29 is 4.84 Å². The smallest absolute Gasteiger partial charge is 0.0816 e. The number of benzene rings is 1. The fourth-order valence-electron chi connectivity index (χ4n) is 1.45. The first kappa shape index (κ1) is 12.2. The molecule has 1 rings (SSSR count). The van der Waals surface area contributed by atoms with Crippen molar-refractivity contribution in [2.24, 2.45) is 0 Å². The van der Waals surface area contributed by atoms with E-state index in [1.54, 1.807) is 0 Å². The molecule has 0 aromatic heterocycles. The fraction of sp³-hybridized carbons (Fsp3) is 0.538. The van der Waals surface area contributed by atoms with Crippen LogP contribution < -0.4 is 0 Å². The van der Waals surface area contributed by atoms with Crippen molar-refractivity contribution in [2.75, 3.05) is 7.05 Å². The summed E-state index contributed by atoms with van der Waals surface area (Å²) >= 11 is 0. The highest BCUT2D eigenvalue weighted by Crippen LogP contribution is 2.21. The largest absolute Gasteiger partial charge is 0.293 e. The van der Waals surface area contributed by atoms with Crippen molar-refractivity contribution in [2.45, 2.75) is 39.3 Å². The van der Waals surface area contributed by atoms with E-state index in [4.69, 9.17) is 4.84 Å². The molecule has 0 radical (unpaired) electrons. The van der Waals surface area contributed by atoms with E-state index in [-0.39, 0.29) is 11.6 Å². The van der Waals surface area contributed by atoms with Crippen molar-refractivity contribution in [1.29, 1.82) is 0 Å². The van der Waals surface area contributed by atoms with Gasteiger partial charge in [0.15, 0.2) is 0 Å². The molecule has 1 aromatic rings. The van der Waals surface area contributed by atoms with Gasteiger partial charge in [-0.25, -0.2) is 0 Å². The molecular formula is C13H21NO. The first-order valence-electron chi connectivity index (χ1n) is 5.37. The third-order valence-corrected chi connectivity index (χ3v) is 2.25. The van der Waals surface area contributed by atoms with Crippen LogP contribution in [-0.2, 0) is 4.84 Å². The van der Waals surface area contributed by atoms with Gasteiger partial charge in [-0.2, -0.15) is 5.06 Å². The highest BCUT2D eigenvalue weighted by Gasteiger charge is 2.19. The molecule has 0 aliphatic heterocycles. The van der Waals surface area contributed by atoms with Crippen LogP contribution in [-0.4, -0.2) is 17.7 Å². The molecule has 0 amide bonds. The fourth-order valence-corrected chi connectivity index (χ4v) is 1.45. The van der Waals surface area contributed by atoms with E-state index >= 15 is 0 Å². The Kier molecular flexibility index (Phi) is 3.89. The van der Waals surface area contributed by atoms with Crippen molar-refractivity contribution in [3.05, 3.63) is 35.9 Å². The van der Waals surface area contributed by atoms with Crippen molar-refractivity contribution >= 4 is 0 Å². The number of hydroxylamine groups is 2. The van der Waals surface area contributed by atoms with Gasteiger partial charge in [0.25, 0.3) is 0 Å². The monoisotopic (exact) mass is 207 g/mol. The summed E-state index contributed by atoms with van der Waals surface area (Å²) in [6.07, 6.45) is 0. The molecule has 0 N–H and O–H groups in total. The summed E-state index contributed by atoms with van der Waals surface area (Å²) in [5.41, 5.74) is 1.13. The minimum atomic E-state index is -0.141. The van der Waals surface area contributed by atoms with Crippen LogP contribution in [0.3, 0.4) is 0 Å². The zero-order chi connectivity index (χ0) is 11.5. The highest BCUT2D eigenvalue weighted by molar-refractivity contribution is 5.17. The molecule has 0 fully saturated rings. The summed E-state index contributed by atoms with van der Waals surface area (Å²) in [6.45, 7) is 8.31. The van der Waals surface area contributed by atoms with E-state index < -0.39 is 0 Å². The standard InChI is InChI=1S/C13H21NO/c1-11(12-9-7-6-8-10-12)14(5)15-13(2,3)4/h6-11H,1-5H3/t11-/m1/s1. The van der Waals surface area contributed by atoms with Gasteiger partial charge in [-0.1, -0.05) is 30.3 Å². The van der Waals surface area contributed by atoms with E-state index in [1.807, 2.05) is 18.2 Å². The zero-order valence-corrected chi connectivity index (χ0v) is 10.3. The van der Waals surface area contributed by atoms with Gasteiger partial charge in [0, 0.05) is 7.05 Å². The molecule has 0 saturated heterocycles.